The molecule has 1 saturated heterocycles. The van der Waals surface area contributed by atoms with E-state index in [1.807, 2.05) is 41.3 Å². The van der Waals surface area contributed by atoms with E-state index in [0.29, 0.717) is 41.6 Å². The topological polar surface area (TPSA) is 169 Å². The lowest BCUT2D eigenvalue weighted by molar-refractivity contribution is -0.129. The highest BCUT2D eigenvalue weighted by molar-refractivity contribution is 6.00. The number of ether oxygens (including phenoxy) is 1. The van der Waals surface area contributed by atoms with E-state index in [2.05, 4.69) is 22.2 Å². The highest BCUT2D eigenvalue weighted by Gasteiger charge is 2.33. The molecule has 1 aromatic heterocycles. The van der Waals surface area contributed by atoms with Gasteiger partial charge in [0, 0.05) is 28.6 Å². The lowest BCUT2D eigenvalue weighted by Crippen LogP contribution is -2.53. The first-order valence-corrected chi connectivity index (χ1v) is 11.0. The molecule has 0 radical (unpaired) electrons. The molecule has 1 aliphatic rings. The van der Waals surface area contributed by atoms with Crippen molar-refractivity contribution in [2.45, 2.75) is 25.5 Å². The van der Waals surface area contributed by atoms with E-state index in [9.17, 15) is 4.79 Å². The van der Waals surface area contributed by atoms with Gasteiger partial charge in [-0.15, -0.1) is 0 Å². The van der Waals surface area contributed by atoms with Crippen molar-refractivity contribution in [3.05, 3.63) is 60.2 Å². The number of nitrogens with zero attached hydrogens (tertiary/aromatic N) is 3. The van der Waals surface area contributed by atoms with Gasteiger partial charge in [0.25, 0.3) is 5.91 Å². The molecule has 0 spiro atoms. The highest BCUT2D eigenvalue weighted by Crippen LogP contribution is 2.29. The third-order valence-electron chi connectivity index (χ3n) is 5.76. The van der Waals surface area contributed by atoms with Crippen LogP contribution in [0.2, 0.25) is 0 Å². The molecule has 0 aliphatic carbocycles. The van der Waals surface area contributed by atoms with Crippen molar-refractivity contribution >= 4 is 34.9 Å². The van der Waals surface area contributed by atoms with E-state index < -0.39 is 6.10 Å². The molecule has 1 fully saturated rings. The number of carbonyl (C=O) groups is 1. The van der Waals surface area contributed by atoms with Gasteiger partial charge in [-0.3, -0.25) is 10.2 Å². The van der Waals surface area contributed by atoms with Crippen LogP contribution in [0, 0.1) is 5.41 Å². The summed E-state index contributed by atoms with van der Waals surface area (Å²) < 4.78 is 5.89. The summed E-state index contributed by atoms with van der Waals surface area (Å²) in [6.07, 6.45) is 0.125. The van der Waals surface area contributed by atoms with Crippen LogP contribution in [0.3, 0.4) is 0 Å². The Kier molecular flexibility index (Phi) is 6.60. The van der Waals surface area contributed by atoms with Crippen LogP contribution in [0.5, 0.6) is 0 Å². The molecule has 1 aliphatic heterocycles. The van der Waals surface area contributed by atoms with Crippen molar-refractivity contribution in [3.8, 4) is 11.3 Å². The second-order valence-electron chi connectivity index (χ2n) is 8.08. The molecular formula is C24H28N8O2. The Morgan fingerprint density at radius 3 is 2.62 bits per heavy atom. The van der Waals surface area contributed by atoms with Gasteiger partial charge in [-0.2, -0.15) is 4.98 Å². The van der Waals surface area contributed by atoms with E-state index >= 15 is 0 Å². The van der Waals surface area contributed by atoms with Gasteiger partial charge >= 0.3 is 0 Å². The zero-order valence-corrected chi connectivity index (χ0v) is 18.9. The standard InChI is InChI=1S/C24H28N8O2/c1-2-16-13-34-20(23(33)29-15-6-4-3-5-7-15)12-32(16)21-11-19(30-24(28)31-21)14-8-9-17(22(26)27)18(25)10-14/h3-11,16,20H,2,12-13,25H2,1H3,(H3,26,27)(H,29,33)(H2,28,30,31). The first kappa shape index (κ1) is 23.0. The van der Waals surface area contributed by atoms with Crippen molar-refractivity contribution in [2.24, 2.45) is 5.73 Å². The van der Waals surface area contributed by atoms with Crippen LogP contribution in [0.4, 0.5) is 23.1 Å². The maximum Gasteiger partial charge on any atom is 0.255 e. The van der Waals surface area contributed by atoms with E-state index in [1.165, 1.54) is 0 Å². The Balaban J connectivity index is 1.61. The van der Waals surface area contributed by atoms with E-state index in [0.717, 1.165) is 12.0 Å². The summed E-state index contributed by atoms with van der Waals surface area (Å²) >= 11 is 0. The minimum Gasteiger partial charge on any atom is -0.398 e. The quantitative estimate of drug-likeness (QED) is 0.212. The van der Waals surface area contributed by atoms with Crippen LogP contribution in [-0.4, -0.2) is 47.0 Å². The Labute approximate surface area is 197 Å². The molecule has 2 aromatic carbocycles. The Bertz CT molecular complexity index is 1200. The molecular weight excluding hydrogens is 432 g/mol. The molecule has 2 atom stereocenters. The lowest BCUT2D eigenvalue weighted by atomic mass is 10.1. The lowest BCUT2D eigenvalue weighted by Gasteiger charge is -2.39. The molecule has 3 aromatic rings. The van der Waals surface area contributed by atoms with Crippen molar-refractivity contribution in [1.82, 2.24) is 9.97 Å². The molecule has 0 bridgehead atoms. The van der Waals surface area contributed by atoms with Crippen LogP contribution in [-0.2, 0) is 9.53 Å². The minimum atomic E-state index is -0.673. The number of amidine groups is 1. The first-order chi connectivity index (χ1) is 16.4. The SMILES string of the molecule is CCC1COC(C(=O)Nc2ccccc2)CN1c1cc(-c2ccc(C(=N)N)c(N)c2)nc(N)n1. The molecule has 0 saturated carbocycles. The Morgan fingerprint density at radius 2 is 1.94 bits per heavy atom. The number of para-hydroxylation sites is 1. The fourth-order valence-corrected chi connectivity index (χ4v) is 3.93. The number of hydrogen-bond donors (Lipinski definition) is 5. The summed E-state index contributed by atoms with van der Waals surface area (Å²) in [5, 5.41) is 10.5. The monoisotopic (exact) mass is 460 g/mol. The van der Waals surface area contributed by atoms with Gasteiger partial charge in [0.05, 0.1) is 24.9 Å². The normalized spacial score (nSPS) is 17.9. The van der Waals surface area contributed by atoms with Gasteiger partial charge in [-0.25, -0.2) is 4.98 Å². The molecule has 1 amide bonds. The number of morpholine rings is 1. The average molecular weight is 461 g/mol. The van der Waals surface area contributed by atoms with Gasteiger partial charge in [-0.05, 0) is 30.7 Å². The molecule has 2 heterocycles. The third-order valence-corrected chi connectivity index (χ3v) is 5.76. The van der Waals surface area contributed by atoms with Gasteiger partial charge in [0.15, 0.2) is 6.10 Å². The molecule has 8 N–H and O–H groups in total. The molecule has 34 heavy (non-hydrogen) atoms. The first-order valence-electron chi connectivity index (χ1n) is 11.0. The van der Waals surface area contributed by atoms with Crippen LogP contribution >= 0.6 is 0 Å². The number of benzene rings is 2. The predicted molar refractivity (Wildman–Crippen MR) is 134 cm³/mol. The van der Waals surface area contributed by atoms with Crippen molar-refractivity contribution in [3.63, 3.8) is 0 Å². The van der Waals surface area contributed by atoms with E-state index in [-0.39, 0.29) is 23.7 Å². The summed E-state index contributed by atoms with van der Waals surface area (Å²) in [4.78, 5) is 23.7. The zero-order valence-electron chi connectivity index (χ0n) is 18.9. The van der Waals surface area contributed by atoms with Crippen LogP contribution < -0.4 is 27.4 Å². The van der Waals surface area contributed by atoms with Crippen molar-refractivity contribution < 1.29 is 9.53 Å². The second-order valence-corrected chi connectivity index (χ2v) is 8.08. The molecule has 10 nitrogen and oxygen atoms in total. The van der Waals surface area contributed by atoms with E-state index in [1.54, 1.807) is 18.2 Å². The molecule has 10 heteroatoms. The number of nitrogens with one attached hydrogen (secondary N) is 2. The van der Waals surface area contributed by atoms with Crippen molar-refractivity contribution in [1.29, 1.82) is 5.41 Å². The average Bonchev–Trinajstić information content (AvgIpc) is 2.83. The van der Waals surface area contributed by atoms with Gasteiger partial charge in [-0.1, -0.05) is 31.2 Å². The van der Waals surface area contributed by atoms with Gasteiger partial charge < -0.3 is 32.2 Å². The third kappa shape index (κ3) is 4.91. The molecule has 4 rings (SSSR count). The highest BCUT2D eigenvalue weighted by atomic mass is 16.5. The largest absolute Gasteiger partial charge is 0.398 e. The number of hydrogen-bond acceptors (Lipinski definition) is 8. The maximum atomic E-state index is 12.9. The number of rotatable bonds is 6. The van der Waals surface area contributed by atoms with Crippen LogP contribution in [0.1, 0.15) is 18.9 Å². The smallest absolute Gasteiger partial charge is 0.255 e. The number of carbonyl (C=O) groups excluding carboxylic acids is 1. The predicted octanol–water partition coefficient (Wildman–Crippen LogP) is 2.21. The fourth-order valence-electron chi connectivity index (χ4n) is 3.93. The summed E-state index contributed by atoms with van der Waals surface area (Å²) in [5.74, 6) is 0.379. The fraction of sp³-hybridized carbons (Fsp3) is 0.250. The van der Waals surface area contributed by atoms with E-state index in [4.69, 9.17) is 27.3 Å². The summed E-state index contributed by atoms with van der Waals surface area (Å²) in [5.41, 5.74) is 20.5. The van der Waals surface area contributed by atoms with Gasteiger partial charge in [0.2, 0.25) is 5.95 Å². The number of anilines is 4. The molecule has 176 valence electrons. The number of nitrogen functional groups attached to an aromatic ring is 3. The number of aromatic nitrogens is 2. The maximum absolute atomic E-state index is 12.9. The number of amides is 1. The summed E-state index contributed by atoms with van der Waals surface area (Å²) in [6.45, 7) is 2.75. The Morgan fingerprint density at radius 1 is 1.18 bits per heavy atom. The Hall–Kier alpha value is -4.18. The molecule has 2 unspecified atom stereocenters. The summed E-state index contributed by atoms with van der Waals surface area (Å²) in [7, 11) is 0. The number of nitrogens with two attached hydrogens (primary N) is 3. The van der Waals surface area contributed by atoms with Gasteiger partial charge in [0.1, 0.15) is 11.7 Å². The van der Waals surface area contributed by atoms with Crippen LogP contribution in [0.25, 0.3) is 11.3 Å². The van der Waals surface area contributed by atoms with Crippen molar-refractivity contribution in [2.75, 3.05) is 34.8 Å². The second kappa shape index (κ2) is 9.75. The summed E-state index contributed by atoms with van der Waals surface area (Å²) in [6, 6.07) is 16.3. The van der Waals surface area contributed by atoms with Crippen LogP contribution in [0.15, 0.2) is 54.6 Å². The zero-order chi connectivity index (χ0) is 24.2. The minimum absolute atomic E-state index is 0.0214.